The monoisotopic (exact) mass is 167 g/mol. The van der Waals surface area contributed by atoms with Crippen molar-refractivity contribution in [3.8, 4) is 0 Å². The molecule has 1 rings (SSSR count). The second kappa shape index (κ2) is 3.54. The molecule has 0 fully saturated rings. The van der Waals surface area contributed by atoms with E-state index < -0.39 is 0 Å². The minimum Gasteiger partial charge on any atom is -0.618 e. The highest BCUT2D eigenvalue weighted by Crippen LogP contribution is 2.08. The van der Waals surface area contributed by atoms with Crippen molar-refractivity contribution < 1.29 is 9.84 Å². The minimum atomic E-state index is 0.0204. The van der Waals surface area contributed by atoms with Crippen molar-refractivity contribution in [2.24, 2.45) is 0 Å². The van der Waals surface area contributed by atoms with Gasteiger partial charge in [-0.25, -0.2) is 0 Å². The number of pyridine rings is 1. The molecule has 0 aromatic carbocycles. The first-order valence-electron chi connectivity index (χ1n) is 3.96. The number of hydrogen-bond acceptors (Lipinski definition) is 2. The highest BCUT2D eigenvalue weighted by Gasteiger charge is 2.09. The fourth-order valence-electron chi connectivity index (χ4n) is 1.19. The summed E-state index contributed by atoms with van der Waals surface area (Å²) < 4.78 is 0.818. The van der Waals surface area contributed by atoms with Crippen LogP contribution in [-0.2, 0) is 6.42 Å². The van der Waals surface area contributed by atoms with Crippen molar-refractivity contribution in [1.82, 2.24) is 0 Å². The number of aliphatic hydroxyl groups excluding tert-OH is 1. The zero-order chi connectivity index (χ0) is 9.14. The van der Waals surface area contributed by atoms with Gasteiger partial charge in [0.2, 0.25) is 0 Å². The molecule has 0 spiro atoms. The standard InChI is InChI=1S/C9H13NO2/c1-7-3-5-10(12)9(4-6-11)8(7)2/h3,5,11H,4,6H2,1-2H3. The molecule has 0 aliphatic heterocycles. The Morgan fingerprint density at radius 3 is 2.75 bits per heavy atom. The SMILES string of the molecule is Cc1cc[n+]([O-])c(CCO)c1C. The first-order chi connectivity index (χ1) is 5.66. The zero-order valence-electron chi connectivity index (χ0n) is 7.37. The lowest BCUT2D eigenvalue weighted by Crippen LogP contribution is -2.33. The van der Waals surface area contributed by atoms with E-state index in [-0.39, 0.29) is 6.61 Å². The van der Waals surface area contributed by atoms with Gasteiger partial charge < -0.3 is 10.3 Å². The van der Waals surface area contributed by atoms with Gasteiger partial charge in [-0.05, 0) is 19.4 Å². The molecule has 0 unspecified atom stereocenters. The van der Waals surface area contributed by atoms with Crippen LogP contribution in [0.3, 0.4) is 0 Å². The van der Waals surface area contributed by atoms with Crippen LogP contribution >= 0.6 is 0 Å². The summed E-state index contributed by atoms with van der Waals surface area (Å²) in [6.45, 7) is 3.87. The summed E-state index contributed by atoms with van der Waals surface area (Å²) in [7, 11) is 0. The van der Waals surface area contributed by atoms with Gasteiger partial charge in [0, 0.05) is 11.6 Å². The van der Waals surface area contributed by atoms with Crippen LogP contribution in [0.2, 0.25) is 0 Å². The Morgan fingerprint density at radius 1 is 1.50 bits per heavy atom. The lowest BCUT2D eigenvalue weighted by atomic mass is 10.1. The molecule has 0 atom stereocenters. The maximum Gasteiger partial charge on any atom is 0.198 e. The van der Waals surface area contributed by atoms with Crippen LogP contribution in [0.4, 0.5) is 0 Å². The van der Waals surface area contributed by atoms with E-state index >= 15 is 0 Å². The molecule has 3 heteroatoms. The summed E-state index contributed by atoms with van der Waals surface area (Å²) in [6, 6.07) is 1.78. The maximum atomic E-state index is 11.2. The fourth-order valence-corrected chi connectivity index (χ4v) is 1.19. The zero-order valence-corrected chi connectivity index (χ0v) is 7.37. The summed E-state index contributed by atoms with van der Waals surface area (Å²) in [4.78, 5) is 0. The van der Waals surface area contributed by atoms with E-state index in [0.29, 0.717) is 12.1 Å². The third kappa shape index (κ3) is 1.56. The van der Waals surface area contributed by atoms with Crippen LogP contribution in [0.25, 0.3) is 0 Å². The first kappa shape index (κ1) is 9.00. The van der Waals surface area contributed by atoms with Crippen molar-refractivity contribution in [2.45, 2.75) is 20.3 Å². The van der Waals surface area contributed by atoms with Gasteiger partial charge in [-0.15, -0.1) is 0 Å². The quantitative estimate of drug-likeness (QED) is 0.514. The van der Waals surface area contributed by atoms with Crippen LogP contribution in [0.15, 0.2) is 12.3 Å². The Hall–Kier alpha value is -1.09. The van der Waals surface area contributed by atoms with Gasteiger partial charge in [-0.3, -0.25) is 0 Å². The van der Waals surface area contributed by atoms with Gasteiger partial charge in [-0.2, -0.15) is 4.73 Å². The third-order valence-electron chi connectivity index (χ3n) is 2.10. The number of rotatable bonds is 2. The van der Waals surface area contributed by atoms with Crippen LogP contribution in [-0.4, -0.2) is 11.7 Å². The molecule has 1 aromatic heterocycles. The van der Waals surface area contributed by atoms with Gasteiger partial charge in [0.1, 0.15) is 0 Å². The van der Waals surface area contributed by atoms with Crippen LogP contribution in [0.5, 0.6) is 0 Å². The Kier molecular flexibility index (Phi) is 2.65. The van der Waals surface area contributed by atoms with Gasteiger partial charge in [0.15, 0.2) is 11.9 Å². The van der Waals surface area contributed by atoms with Crippen molar-refractivity contribution in [3.05, 3.63) is 34.3 Å². The van der Waals surface area contributed by atoms with E-state index in [0.717, 1.165) is 15.9 Å². The van der Waals surface area contributed by atoms with Gasteiger partial charge in [-0.1, -0.05) is 0 Å². The normalized spacial score (nSPS) is 10.2. The Labute approximate surface area is 71.9 Å². The molecule has 0 saturated carbocycles. The van der Waals surface area contributed by atoms with E-state index in [9.17, 15) is 5.21 Å². The second-order valence-electron chi connectivity index (χ2n) is 2.87. The van der Waals surface area contributed by atoms with Gasteiger partial charge >= 0.3 is 0 Å². The molecule has 0 aliphatic carbocycles. The molecule has 0 amide bonds. The van der Waals surface area contributed by atoms with Gasteiger partial charge in [0.25, 0.3) is 0 Å². The smallest absolute Gasteiger partial charge is 0.198 e. The molecule has 1 aromatic rings. The van der Waals surface area contributed by atoms with Crippen molar-refractivity contribution in [1.29, 1.82) is 0 Å². The number of nitrogens with zero attached hydrogens (tertiary/aromatic N) is 1. The van der Waals surface area contributed by atoms with Gasteiger partial charge in [0.05, 0.1) is 13.0 Å². The molecule has 0 radical (unpaired) electrons. The maximum absolute atomic E-state index is 11.2. The average molecular weight is 167 g/mol. The summed E-state index contributed by atoms with van der Waals surface area (Å²) >= 11 is 0. The molecule has 0 bridgehead atoms. The largest absolute Gasteiger partial charge is 0.618 e. The number of aliphatic hydroxyl groups is 1. The Morgan fingerprint density at radius 2 is 2.17 bits per heavy atom. The fraction of sp³-hybridized carbons (Fsp3) is 0.444. The summed E-state index contributed by atoms with van der Waals surface area (Å²) in [5, 5.41) is 19.9. The highest BCUT2D eigenvalue weighted by molar-refractivity contribution is 5.24. The highest BCUT2D eigenvalue weighted by atomic mass is 16.5. The van der Waals surface area contributed by atoms with Crippen LogP contribution in [0.1, 0.15) is 16.8 Å². The second-order valence-corrected chi connectivity index (χ2v) is 2.87. The lowest BCUT2D eigenvalue weighted by Gasteiger charge is -2.07. The minimum absolute atomic E-state index is 0.0204. The Balaban J connectivity index is 3.14. The molecule has 0 aliphatic rings. The predicted octanol–water partition coefficient (Wildman–Crippen LogP) is 0.472. The van der Waals surface area contributed by atoms with Crippen LogP contribution < -0.4 is 4.73 Å². The van der Waals surface area contributed by atoms with E-state index in [4.69, 9.17) is 5.11 Å². The van der Waals surface area contributed by atoms with E-state index in [1.54, 1.807) is 6.07 Å². The molecular formula is C9H13NO2. The molecule has 0 saturated heterocycles. The summed E-state index contributed by atoms with van der Waals surface area (Å²) in [5.74, 6) is 0. The molecule has 1 N–H and O–H groups in total. The number of aromatic nitrogens is 1. The van der Waals surface area contributed by atoms with Crippen molar-refractivity contribution in [3.63, 3.8) is 0 Å². The first-order valence-corrected chi connectivity index (χ1v) is 3.96. The van der Waals surface area contributed by atoms with E-state index in [1.807, 2.05) is 13.8 Å². The molecule has 66 valence electrons. The third-order valence-corrected chi connectivity index (χ3v) is 2.10. The molecular weight excluding hydrogens is 154 g/mol. The number of hydrogen-bond donors (Lipinski definition) is 1. The van der Waals surface area contributed by atoms with E-state index in [2.05, 4.69) is 0 Å². The molecule has 12 heavy (non-hydrogen) atoms. The summed E-state index contributed by atoms with van der Waals surface area (Å²) in [5.41, 5.74) is 2.73. The number of aryl methyl sites for hydroxylation is 1. The van der Waals surface area contributed by atoms with Crippen LogP contribution in [0, 0.1) is 19.1 Å². The Bertz CT molecular complexity index is 284. The van der Waals surface area contributed by atoms with Crippen molar-refractivity contribution >= 4 is 0 Å². The molecule has 3 nitrogen and oxygen atoms in total. The molecule has 1 heterocycles. The van der Waals surface area contributed by atoms with E-state index in [1.165, 1.54) is 6.20 Å². The summed E-state index contributed by atoms with van der Waals surface area (Å²) in [6.07, 6.45) is 1.91. The van der Waals surface area contributed by atoms with Crippen molar-refractivity contribution in [2.75, 3.05) is 6.61 Å². The average Bonchev–Trinajstić information content (AvgIpc) is 2.06. The lowest BCUT2D eigenvalue weighted by molar-refractivity contribution is -0.614. The topological polar surface area (TPSA) is 47.2 Å². The predicted molar refractivity (Wildman–Crippen MR) is 45.7 cm³/mol.